The molecule has 7 nitrogen and oxygen atoms in total. The van der Waals surface area contributed by atoms with Crippen molar-refractivity contribution in [2.45, 2.75) is 11.4 Å². The normalized spacial score (nSPS) is 11.9. The SMILES string of the molecule is CN(Cc1nc(-c2ccccn2)no1)S(=O)(=O)c1ccc2ccccc2c1. The summed E-state index contributed by atoms with van der Waals surface area (Å²) in [5.41, 5.74) is 0.563. The average molecular weight is 380 g/mol. The molecule has 0 bridgehead atoms. The highest BCUT2D eigenvalue weighted by Crippen LogP contribution is 2.22. The predicted octanol–water partition coefficient (Wildman–Crippen LogP) is 3.11. The minimum absolute atomic E-state index is 0.0327. The summed E-state index contributed by atoms with van der Waals surface area (Å²) in [5, 5.41) is 5.71. The first-order valence-corrected chi connectivity index (χ1v) is 9.67. The number of benzene rings is 2. The van der Waals surface area contributed by atoms with Gasteiger partial charge in [0.25, 0.3) is 0 Å². The number of fused-ring (bicyclic) bond motifs is 1. The van der Waals surface area contributed by atoms with Crippen molar-refractivity contribution in [1.82, 2.24) is 19.4 Å². The number of nitrogens with zero attached hydrogens (tertiary/aromatic N) is 4. The first-order chi connectivity index (χ1) is 13.0. The molecule has 2 aromatic carbocycles. The van der Waals surface area contributed by atoms with Crippen molar-refractivity contribution in [3.63, 3.8) is 0 Å². The van der Waals surface area contributed by atoms with Crippen LogP contribution in [-0.2, 0) is 16.6 Å². The third-order valence-corrected chi connectivity index (χ3v) is 5.95. The van der Waals surface area contributed by atoms with Crippen LogP contribution in [0.25, 0.3) is 22.3 Å². The van der Waals surface area contributed by atoms with Crippen LogP contribution in [0.15, 0.2) is 76.3 Å². The van der Waals surface area contributed by atoms with Gasteiger partial charge in [0.1, 0.15) is 5.69 Å². The molecule has 0 atom stereocenters. The summed E-state index contributed by atoms with van der Waals surface area (Å²) < 4.78 is 32.1. The molecule has 2 aromatic heterocycles. The van der Waals surface area contributed by atoms with Crippen LogP contribution in [-0.4, -0.2) is 34.9 Å². The Bertz CT molecular complexity index is 1190. The van der Waals surface area contributed by atoms with Gasteiger partial charge in [-0.05, 0) is 35.0 Å². The van der Waals surface area contributed by atoms with Gasteiger partial charge >= 0.3 is 0 Å². The Balaban J connectivity index is 1.58. The highest BCUT2D eigenvalue weighted by atomic mass is 32.2. The zero-order chi connectivity index (χ0) is 18.9. The molecule has 0 aliphatic carbocycles. The monoisotopic (exact) mass is 380 g/mol. The molecule has 0 saturated carbocycles. The maximum absolute atomic E-state index is 12.9. The largest absolute Gasteiger partial charge is 0.337 e. The predicted molar refractivity (Wildman–Crippen MR) is 100 cm³/mol. The van der Waals surface area contributed by atoms with Crippen LogP contribution in [0.5, 0.6) is 0 Å². The molecule has 0 amide bonds. The Morgan fingerprint density at radius 3 is 2.56 bits per heavy atom. The Morgan fingerprint density at radius 2 is 1.78 bits per heavy atom. The minimum Gasteiger partial charge on any atom is -0.337 e. The lowest BCUT2D eigenvalue weighted by molar-refractivity contribution is 0.336. The first-order valence-electron chi connectivity index (χ1n) is 8.23. The summed E-state index contributed by atoms with van der Waals surface area (Å²) in [4.78, 5) is 8.60. The van der Waals surface area contributed by atoms with Crippen molar-refractivity contribution in [2.24, 2.45) is 0 Å². The van der Waals surface area contributed by atoms with E-state index in [9.17, 15) is 8.42 Å². The lowest BCUT2D eigenvalue weighted by Crippen LogP contribution is -2.26. The summed E-state index contributed by atoms with van der Waals surface area (Å²) in [6.45, 7) is -0.0327. The molecule has 0 aliphatic heterocycles. The Hall–Kier alpha value is -3.10. The van der Waals surface area contributed by atoms with E-state index in [1.165, 1.54) is 11.4 Å². The smallest absolute Gasteiger partial charge is 0.243 e. The van der Waals surface area contributed by atoms with Crippen LogP contribution in [0, 0.1) is 0 Å². The third-order valence-electron chi connectivity index (χ3n) is 4.15. The van der Waals surface area contributed by atoms with Crippen LogP contribution >= 0.6 is 0 Å². The second kappa shape index (κ2) is 6.90. The highest BCUT2D eigenvalue weighted by Gasteiger charge is 2.23. The molecule has 8 heteroatoms. The van der Waals surface area contributed by atoms with E-state index in [2.05, 4.69) is 15.1 Å². The Labute approximate surface area is 156 Å². The number of hydrogen-bond acceptors (Lipinski definition) is 6. The molecule has 4 aromatic rings. The van der Waals surface area contributed by atoms with Gasteiger partial charge in [-0.25, -0.2) is 8.42 Å². The van der Waals surface area contributed by atoms with E-state index < -0.39 is 10.0 Å². The van der Waals surface area contributed by atoms with Gasteiger partial charge in [0.15, 0.2) is 0 Å². The number of aromatic nitrogens is 3. The summed E-state index contributed by atoms with van der Waals surface area (Å²) in [5.74, 6) is 0.518. The van der Waals surface area contributed by atoms with E-state index in [1.54, 1.807) is 36.5 Å². The third kappa shape index (κ3) is 3.44. The molecule has 0 saturated heterocycles. The van der Waals surface area contributed by atoms with Crippen molar-refractivity contribution < 1.29 is 12.9 Å². The van der Waals surface area contributed by atoms with Gasteiger partial charge in [0, 0.05) is 13.2 Å². The molecule has 27 heavy (non-hydrogen) atoms. The van der Waals surface area contributed by atoms with Crippen molar-refractivity contribution in [2.75, 3.05) is 7.05 Å². The summed E-state index contributed by atoms with van der Waals surface area (Å²) in [7, 11) is -2.21. The number of pyridine rings is 1. The number of rotatable bonds is 5. The van der Waals surface area contributed by atoms with Gasteiger partial charge in [-0.2, -0.15) is 9.29 Å². The van der Waals surface area contributed by atoms with E-state index in [4.69, 9.17) is 4.52 Å². The van der Waals surface area contributed by atoms with Gasteiger partial charge in [0.05, 0.1) is 11.4 Å². The maximum Gasteiger partial charge on any atom is 0.243 e. The number of sulfonamides is 1. The fourth-order valence-electron chi connectivity index (χ4n) is 2.70. The topological polar surface area (TPSA) is 89.2 Å². The fraction of sp³-hybridized carbons (Fsp3) is 0.105. The Morgan fingerprint density at radius 1 is 1.00 bits per heavy atom. The van der Waals surface area contributed by atoms with E-state index in [1.807, 2.05) is 30.3 Å². The fourth-order valence-corrected chi connectivity index (χ4v) is 3.86. The quantitative estimate of drug-likeness (QED) is 0.528. The van der Waals surface area contributed by atoms with Crippen molar-refractivity contribution in [3.8, 4) is 11.5 Å². The van der Waals surface area contributed by atoms with Crippen molar-refractivity contribution in [3.05, 3.63) is 72.8 Å². The molecule has 0 N–H and O–H groups in total. The van der Waals surface area contributed by atoms with Gasteiger partial charge in [-0.1, -0.05) is 41.6 Å². The zero-order valence-electron chi connectivity index (χ0n) is 14.5. The maximum atomic E-state index is 12.9. The molecule has 0 fully saturated rings. The standard InChI is InChI=1S/C19H16N4O3S/c1-23(13-18-21-19(22-26-18)17-8-4-5-11-20-17)27(24,25)16-10-9-14-6-2-3-7-15(14)12-16/h2-12H,13H2,1H3. The molecule has 0 spiro atoms. The van der Waals surface area contributed by atoms with Crippen LogP contribution in [0.4, 0.5) is 0 Å². The lowest BCUT2D eigenvalue weighted by Gasteiger charge is -2.15. The second-order valence-electron chi connectivity index (χ2n) is 6.00. The molecule has 0 aliphatic rings. The molecule has 0 unspecified atom stereocenters. The van der Waals surface area contributed by atoms with Crippen LogP contribution < -0.4 is 0 Å². The molecular formula is C19H16N4O3S. The minimum atomic E-state index is -3.69. The van der Waals surface area contributed by atoms with E-state index >= 15 is 0 Å². The second-order valence-corrected chi connectivity index (χ2v) is 8.04. The van der Waals surface area contributed by atoms with Gasteiger partial charge in [-0.3, -0.25) is 4.98 Å². The molecule has 0 radical (unpaired) electrons. The highest BCUT2D eigenvalue weighted by molar-refractivity contribution is 7.89. The zero-order valence-corrected chi connectivity index (χ0v) is 15.3. The first kappa shape index (κ1) is 17.3. The van der Waals surface area contributed by atoms with E-state index in [0.717, 1.165) is 10.8 Å². The van der Waals surface area contributed by atoms with Crippen molar-refractivity contribution >= 4 is 20.8 Å². The van der Waals surface area contributed by atoms with Crippen molar-refractivity contribution in [1.29, 1.82) is 0 Å². The van der Waals surface area contributed by atoms with Gasteiger partial charge in [0.2, 0.25) is 21.7 Å². The molecule has 4 rings (SSSR count). The van der Waals surface area contributed by atoms with Crippen LogP contribution in [0.2, 0.25) is 0 Å². The molecular weight excluding hydrogens is 364 g/mol. The summed E-state index contributed by atoms with van der Waals surface area (Å²) in [6, 6.07) is 18.0. The lowest BCUT2D eigenvalue weighted by atomic mass is 10.1. The molecule has 136 valence electrons. The Kier molecular flexibility index (Phi) is 4.43. The van der Waals surface area contributed by atoms with E-state index in [-0.39, 0.29) is 17.3 Å². The van der Waals surface area contributed by atoms with E-state index in [0.29, 0.717) is 11.5 Å². The van der Waals surface area contributed by atoms with Gasteiger partial charge < -0.3 is 4.52 Å². The molecule has 2 heterocycles. The number of hydrogen-bond donors (Lipinski definition) is 0. The van der Waals surface area contributed by atoms with Crippen LogP contribution in [0.1, 0.15) is 5.89 Å². The summed E-state index contributed by atoms with van der Waals surface area (Å²) >= 11 is 0. The van der Waals surface area contributed by atoms with Gasteiger partial charge in [-0.15, -0.1) is 0 Å². The van der Waals surface area contributed by atoms with Crippen LogP contribution in [0.3, 0.4) is 0 Å². The average Bonchev–Trinajstić information content (AvgIpc) is 3.16. The summed E-state index contributed by atoms with van der Waals surface area (Å²) in [6.07, 6.45) is 1.63.